The first kappa shape index (κ1) is 12.8. The van der Waals surface area contributed by atoms with Crippen molar-refractivity contribution in [1.82, 2.24) is 4.98 Å². The predicted octanol–water partition coefficient (Wildman–Crippen LogP) is 4.09. The number of carbonyl (C=O) groups is 1. The average Bonchev–Trinajstić information content (AvgIpc) is 2.84. The molecule has 3 rings (SSSR count). The lowest BCUT2D eigenvalue weighted by molar-refractivity contribution is 0.0697. The number of hydrogen-bond donors (Lipinski definition) is 1. The van der Waals surface area contributed by atoms with E-state index >= 15 is 0 Å². The van der Waals surface area contributed by atoms with E-state index in [4.69, 9.17) is 9.52 Å². The zero-order valence-electron chi connectivity index (χ0n) is 9.93. The second kappa shape index (κ2) is 4.72. The zero-order valence-corrected chi connectivity index (χ0v) is 11.5. The molecule has 0 atom stereocenters. The lowest BCUT2D eigenvalue weighted by Crippen LogP contribution is -1.94. The van der Waals surface area contributed by atoms with Crippen LogP contribution >= 0.6 is 15.9 Å². The Balaban J connectivity index is 2.18. The van der Waals surface area contributed by atoms with E-state index in [1.54, 1.807) is 18.2 Å². The van der Waals surface area contributed by atoms with E-state index in [0.717, 1.165) is 0 Å². The number of aromatic nitrogens is 1. The average molecular weight is 336 g/mol. The molecule has 0 unspecified atom stereocenters. The summed E-state index contributed by atoms with van der Waals surface area (Å²) in [4.78, 5) is 15.0. The minimum Gasteiger partial charge on any atom is -0.478 e. The van der Waals surface area contributed by atoms with Gasteiger partial charge < -0.3 is 9.52 Å². The SMILES string of the molecule is O=C(O)c1ccc2oc(-c3cccc(Br)c3F)nc2c1. The number of oxazole rings is 1. The molecule has 100 valence electrons. The number of rotatable bonds is 2. The molecule has 0 spiro atoms. The Kier molecular flexibility index (Phi) is 3.02. The highest BCUT2D eigenvalue weighted by Gasteiger charge is 2.15. The molecule has 2 aromatic carbocycles. The van der Waals surface area contributed by atoms with E-state index in [9.17, 15) is 9.18 Å². The van der Waals surface area contributed by atoms with Gasteiger partial charge in [0.15, 0.2) is 5.58 Å². The third-order valence-electron chi connectivity index (χ3n) is 2.82. The van der Waals surface area contributed by atoms with Gasteiger partial charge in [-0.15, -0.1) is 0 Å². The van der Waals surface area contributed by atoms with Gasteiger partial charge in [-0.2, -0.15) is 0 Å². The molecule has 20 heavy (non-hydrogen) atoms. The van der Waals surface area contributed by atoms with E-state index in [0.29, 0.717) is 15.6 Å². The van der Waals surface area contributed by atoms with Crippen LogP contribution in [0.1, 0.15) is 10.4 Å². The second-order valence-electron chi connectivity index (χ2n) is 4.11. The molecule has 0 aliphatic rings. The third kappa shape index (κ3) is 2.08. The molecular weight excluding hydrogens is 329 g/mol. The maximum Gasteiger partial charge on any atom is 0.335 e. The fourth-order valence-electron chi connectivity index (χ4n) is 1.84. The molecule has 0 radical (unpaired) electrons. The lowest BCUT2D eigenvalue weighted by atomic mass is 10.2. The summed E-state index contributed by atoms with van der Waals surface area (Å²) in [5, 5.41) is 8.92. The maximum atomic E-state index is 14.0. The van der Waals surface area contributed by atoms with Crippen molar-refractivity contribution in [3.63, 3.8) is 0 Å². The van der Waals surface area contributed by atoms with Gasteiger partial charge in [0.1, 0.15) is 11.3 Å². The molecule has 0 saturated carbocycles. The van der Waals surface area contributed by atoms with Gasteiger partial charge in [0.2, 0.25) is 5.89 Å². The van der Waals surface area contributed by atoms with Crippen LogP contribution in [0.2, 0.25) is 0 Å². The van der Waals surface area contributed by atoms with Crippen molar-refractivity contribution >= 4 is 33.0 Å². The minimum atomic E-state index is -1.05. The third-order valence-corrected chi connectivity index (χ3v) is 3.43. The van der Waals surface area contributed by atoms with Crippen molar-refractivity contribution in [3.05, 3.63) is 52.3 Å². The number of aromatic carboxylic acids is 1. The van der Waals surface area contributed by atoms with Crippen molar-refractivity contribution in [2.75, 3.05) is 0 Å². The summed E-state index contributed by atoms with van der Waals surface area (Å²) in [5.74, 6) is -1.41. The number of carboxylic acid groups (broad SMARTS) is 1. The molecule has 0 aliphatic heterocycles. The van der Waals surface area contributed by atoms with Gasteiger partial charge in [-0.25, -0.2) is 14.2 Å². The van der Waals surface area contributed by atoms with Crippen LogP contribution < -0.4 is 0 Å². The molecule has 3 aromatic rings. The fourth-order valence-corrected chi connectivity index (χ4v) is 2.21. The van der Waals surface area contributed by atoms with Crippen molar-refractivity contribution in [2.45, 2.75) is 0 Å². The van der Waals surface area contributed by atoms with Gasteiger partial charge in [-0.05, 0) is 46.3 Å². The standard InChI is InChI=1S/C14H7BrFNO3/c15-9-3-1-2-8(12(9)16)13-17-10-6-7(14(18)19)4-5-11(10)20-13/h1-6H,(H,18,19). The Labute approximate surface area is 121 Å². The van der Waals surface area contributed by atoms with E-state index in [-0.39, 0.29) is 17.0 Å². The summed E-state index contributed by atoms with van der Waals surface area (Å²) < 4.78 is 19.8. The Hall–Kier alpha value is -2.21. The van der Waals surface area contributed by atoms with Crippen LogP contribution in [0.5, 0.6) is 0 Å². The predicted molar refractivity (Wildman–Crippen MR) is 74.1 cm³/mol. The number of fused-ring (bicyclic) bond motifs is 1. The molecule has 1 heterocycles. The molecule has 4 nitrogen and oxygen atoms in total. The van der Waals surface area contributed by atoms with Gasteiger partial charge in [-0.1, -0.05) is 6.07 Å². The van der Waals surface area contributed by atoms with E-state index < -0.39 is 11.8 Å². The van der Waals surface area contributed by atoms with Crippen LogP contribution in [0.25, 0.3) is 22.6 Å². The zero-order chi connectivity index (χ0) is 14.3. The van der Waals surface area contributed by atoms with Gasteiger partial charge in [-0.3, -0.25) is 0 Å². The van der Waals surface area contributed by atoms with Gasteiger partial charge in [0, 0.05) is 0 Å². The maximum absolute atomic E-state index is 14.0. The van der Waals surface area contributed by atoms with E-state index in [2.05, 4.69) is 20.9 Å². The highest BCUT2D eigenvalue weighted by molar-refractivity contribution is 9.10. The molecular formula is C14H7BrFNO3. The number of halogens is 2. The van der Waals surface area contributed by atoms with Crippen LogP contribution in [0.15, 0.2) is 45.3 Å². The van der Waals surface area contributed by atoms with E-state index in [1.807, 2.05) is 0 Å². The Morgan fingerprint density at radius 3 is 2.85 bits per heavy atom. The summed E-state index contributed by atoms with van der Waals surface area (Å²) >= 11 is 3.10. The van der Waals surface area contributed by atoms with Gasteiger partial charge >= 0.3 is 5.97 Å². The largest absolute Gasteiger partial charge is 0.478 e. The normalized spacial score (nSPS) is 10.9. The lowest BCUT2D eigenvalue weighted by Gasteiger charge is -1.99. The Morgan fingerprint density at radius 1 is 1.30 bits per heavy atom. The number of carboxylic acids is 1. The Bertz CT molecular complexity index is 828. The first-order valence-corrected chi connectivity index (χ1v) is 6.44. The van der Waals surface area contributed by atoms with Crippen molar-refractivity contribution < 1.29 is 18.7 Å². The molecule has 0 amide bonds. The van der Waals surface area contributed by atoms with Crippen LogP contribution in [-0.2, 0) is 0 Å². The van der Waals surface area contributed by atoms with Crippen LogP contribution in [0.3, 0.4) is 0 Å². The van der Waals surface area contributed by atoms with Crippen LogP contribution in [-0.4, -0.2) is 16.1 Å². The molecule has 1 N–H and O–H groups in total. The molecule has 0 aliphatic carbocycles. The Morgan fingerprint density at radius 2 is 2.10 bits per heavy atom. The summed E-state index contributed by atoms with van der Waals surface area (Å²) in [5.41, 5.74) is 1.10. The first-order chi connectivity index (χ1) is 9.56. The summed E-state index contributed by atoms with van der Waals surface area (Å²) in [7, 11) is 0. The second-order valence-corrected chi connectivity index (χ2v) is 4.96. The molecule has 6 heteroatoms. The fraction of sp³-hybridized carbons (Fsp3) is 0. The van der Waals surface area contributed by atoms with Crippen molar-refractivity contribution in [1.29, 1.82) is 0 Å². The van der Waals surface area contributed by atoms with Crippen molar-refractivity contribution in [2.24, 2.45) is 0 Å². The quantitative estimate of drug-likeness (QED) is 0.765. The van der Waals surface area contributed by atoms with E-state index in [1.165, 1.54) is 18.2 Å². The molecule has 1 aromatic heterocycles. The van der Waals surface area contributed by atoms with Crippen LogP contribution in [0.4, 0.5) is 4.39 Å². The highest BCUT2D eigenvalue weighted by Crippen LogP contribution is 2.30. The number of hydrogen-bond acceptors (Lipinski definition) is 3. The topological polar surface area (TPSA) is 63.3 Å². The van der Waals surface area contributed by atoms with Crippen LogP contribution in [0, 0.1) is 5.82 Å². The smallest absolute Gasteiger partial charge is 0.335 e. The van der Waals surface area contributed by atoms with Gasteiger partial charge in [0.25, 0.3) is 0 Å². The number of benzene rings is 2. The van der Waals surface area contributed by atoms with Gasteiger partial charge in [0.05, 0.1) is 15.6 Å². The molecule has 0 fully saturated rings. The number of nitrogens with zero attached hydrogens (tertiary/aromatic N) is 1. The monoisotopic (exact) mass is 335 g/mol. The molecule has 0 saturated heterocycles. The minimum absolute atomic E-state index is 0.104. The van der Waals surface area contributed by atoms with Crippen molar-refractivity contribution in [3.8, 4) is 11.5 Å². The summed E-state index contributed by atoms with van der Waals surface area (Å²) in [6.07, 6.45) is 0. The summed E-state index contributed by atoms with van der Waals surface area (Å²) in [6, 6.07) is 9.09. The summed E-state index contributed by atoms with van der Waals surface area (Å²) in [6.45, 7) is 0. The highest BCUT2D eigenvalue weighted by atomic mass is 79.9. The first-order valence-electron chi connectivity index (χ1n) is 5.64. The molecule has 0 bridgehead atoms.